The Hall–Kier alpha value is -1.63. The first-order valence-corrected chi connectivity index (χ1v) is 6.50. The van der Waals surface area contributed by atoms with Gasteiger partial charge in [-0.2, -0.15) is 15.0 Å². The predicted octanol–water partition coefficient (Wildman–Crippen LogP) is 0.714. The molecular weight excluding hydrogens is 246 g/mol. The number of hydrogen-bond donors (Lipinski definition) is 1. The van der Waals surface area contributed by atoms with Gasteiger partial charge >= 0.3 is 6.01 Å². The summed E-state index contributed by atoms with van der Waals surface area (Å²) in [5.74, 6) is 1.29. The van der Waals surface area contributed by atoms with Crippen molar-refractivity contribution >= 4 is 11.9 Å². The summed E-state index contributed by atoms with van der Waals surface area (Å²) in [6, 6.07) is 0.285. The summed E-state index contributed by atoms with van der Waals surface area (Å²) in [4.78, 5) is 14.6. The summed E-state index contributed by atoms with van der Waals surface area (Å²) in [6.07, 6.45) is 1.08. The molecule has 0 spiro atoms. The molecule has 1 unspecified atom stereocenters. The van der Waals surface area contributed by atoms with Crippen molar-refractivity contribution in [2.24, 2.45) is 5.92 Å². The van der Waals surface area contributed by atoms with Gasteiger partial charge in [-0.1, -0.05) is 0 Å². The van der Waals surface area contributed by atoms with Crippen molar-refractivity contribution in [1.29, 1.82) is 0 Å². The number of nitrogens with two attached hydrogens (primary N) is 1. The predicted molar refractivity (Wildman–Crippen MR) is 72.2 cm³/mol. The first-order valence-electron chi connectivity index (χ1n) is 6.50. The Morgan fingerprint density at radius 2 is 2.16 bits per heavy atom. The Balaban J connectivity index is 2.09. The molecular formula is C12H21N5O2. The minimum absolute atomic E-state index is 0.00877. The van der Waals surface area contributed by atoms with Gasteiger partial charge in [-0.05, 0) is 20.3 Å². The van der Waals surface area contributed by atoms with Gasteiger partial charge in [-0.3, -0.25) is 0 Å². The zero-order valence-electron chi connectivity index (χ0n) is 11.7. The quantitative estimate of drug-likeness (QED) is 0.840. The molecule has 0 aliphatic carbocycles. The summed E-state index contributed by atoms with van der Waals surface area (Å²) >= 11 is 0. The van der Waals surface area contributed by atoms with Crippen LogP contribution in [0.3, 0.4) is 0 Å². The van der Waals surface area contributed by atoms with Crippen LogP contribution in [-0.2, 0) is 4.74 Å². The normalized spacial score (nSPS) is 19.2. The topological polar surface area (TPSA) is 86.4 Å². The molecule has 2 N–H and O–H groups in total. The molecule has 7 heteroatoms. The van der Waals surface area contributed by atoms with Crippen LogP contribution in [0.5, 0.6) is 6.01 Å². The van der Waals surface area contributed by atoms with Crippen LogP contribution < -0.4 is 15.4 Å². The lowest BCUT2D eigenvalue weighted by atomic mass is 10.1. The Labute approximate surface area is 113 Å². The van der Waals surface area contributed by atoms with Crippen molar-refractivity contribution in [3.05, 3.63) is 0 Å². The average Bonchev–Trinajstić information content (AvgIpc) is 2.76. The van der Waals surface area contributed by atoms with E-state index in [1.807, 2.05) is 13.8 Å². The zero-order valence-corrected chi connectivity index (χ0v) is 11.7. The number of aromatic nitrogens is 3. The number of nitrogen functional groups attached to an aromatic ring is 1. The largest absolute Gasteiger partial charge is 0.461 e. The summed E-state index contributed by atoms with van der Waals surface area (Å²) in [7, 11) is 1.72. The molecule has 1 fully saturated rings. The minimum atomic E-state index is 0.00877. The van der Waals surface area contributed by atoms with Gasteiger partial charge in [0.1, 0.15) is 0 Å². The van der Waals surface area contributed by atoms with E-state index in [0.717, 1.165) is 26.1 Å². The van der Waals surface area contributed by atoms with Gasteiger partial charge in [0.05, 0.1) is 12.7 Å². The lowest BCUT2D eigenvalue weighted by molar-refractivity contribution is 0.161. The van der Waals surface area contributed by atoms with Gasteiger partial charge in [0.25, 0.3) is 0 Å². The molecule has 1 aliphatic rings. The van der Waals surface area contributed by atoms with Crippen molar-refractivity contribution in [2.75, 3.05) is 37.4 Å². The second kappa shape index (κ2) is 6.01. The Bertz CT molecular complexity index is 427. The number of anilines is 2. The van der Waals surface area contributed by atoms with E-state index in [4.69, 9.17) is 15.2 Å². The molecule has 0 bridgehead atoms. The van der Waals surface area contributed by atoms with Crippen LogP contribution in [0.2, 0.25) is 0 Å². The number of hydrogen-bond acceptors (Lipinski definition) is 7. The number of rotatable bonds is 5. The van der Waals surface area contributed by atoms with Crippen LogP contribution in [0.4, 0.5) is 11.9 Å². The van der Waals surface area contributed by atoms with E-state index in [0.29, 0.717) is 11.9 Å². The second-order valence-electron chi connectivity index (χ2n) is 5.00. The molecule has 1 aromatic rings. The third kappa shape index (κ3) is 3.66. The van der Waals surface area contributed by atoms with E-state index < -0.39 is 0 Å². The van der Waals surface area contributed by atoms with E-state index in [1.54, 1.807) is 7.11 Å². The van der Waals surface area contributed by atoms with Crippen molar-refractivity contribution < 1.29 is 9.47 Å². The fraction of sp³-hybridized carbons (Fsp3) is 0.750. The first-order chi connectivity index (χ1) is 9.08. The Morgan fingerprint density at radius 3 is 2.84 bits per heavy atom. The molecule has 7 nitrogen and oxygen atoms in total. The Morgan fingerprint density at radius 1 is 1.37 bits per heavy atom. The highest BCUT2D eigenvalue weighted by atomic mass is 16.5. The maximum absolute atomic E-state index is 5.70. The van der Waals surface area contributed by atoms with Crippen LogP contribution in [0, 0.1) is 5.92 Å². The SMILES string of the molecule is COCC1CCN(c2nc(N)nc(OC(C)C)n2)C1. The van der Waals surface area contributed by atoms with Crippen LogP contribution in [0.1, 0.15) is 20.3 Å². The summed E-state index contributed by atoms with van der Waals surface area (Å²) in [5.41, 5.74) is 5.70. The summed E-state index contributed by atoms with van der Waals surface area (Å²) < 4.78 is 10.7. The highest BCUT2D eigenvalue weighted by Crippen LogP contribution is 2.22. The van der Waals surface area contributed by atoms with Gasteiger partial charge in [0.15, 0.2) is 0 Å². The van der Waals surface area contributed by atoms with Crippen molar-refractivity contribution in [1.82, 2.24) is 15.0 Å². The van der Waals surface area contributed by atoms with E-state index in [9.17, 15) is 0 Å². The maximum atomic E-state index is 5.70. The molecule has 0 saturated carbocycles. The first kappa shape index (κ1) is 13.8. The molecule has 2 rings (SSSR count). The average molecular weight is 267 g/mol. The highest BCUT2D eigenvalue weighted by molar-refractivity contribution is 5.37. The number of ether oxygens (including phenoxy) is 2. The monoisotopic (exact) mass is 267 g/mol. The van der Waals surface area contributed by atoms with Crippen molar-refractivity contribution in [3.8, 4) is 6.01 Å². The van der Waals surface area contributed by atoms with Gasteiger partial charge in [-0.15, -0.1) is 0 Å². The molecule has 19 heavy (non-hydrogen) atoms. The maximum Gasteiger partial charge on any atom is 0.323 e. The number of methoxy groups -OCH3 is 1. The third-order valence-corrected chi connectivity index (χ3v) is 2.93. The summed E-state index contributed by atoms with van der Waals surface area (Å²) in [6.45, 7) is 6.37. The molecule has 0 radical (unpaired) electrons. The van der Waals surface area contributed by atoms with Crippen molar-refractivity contribution in [3.63, 3.8) is 0 Å². The smallest absolute Gasteiger partial charge is 0.323 e. The van der Waals surface area contributed by atoms with Crippen LogP contribution in [0.15, 0.2) is 0 Å². The molecule has 1 aromatic heterocycles. The van der Waals surface area contributed by atoms with Gasteiger partial charge in [0.2, 0.25) is 11.9 Å². The lowest BCUT2D eigenvalue weighted by Crippen LogP contribution is -2.24. The lowest BCUT2D eigenvalue weighted by Gasteiger charge is -2.17. The minimum Gasteiger partial charge on any atom is -0.461 e. The highest BCUT2D eigenvalue weighted by Gasteiger charge is 2.25. The van der Waals surface area contributed by atoms with Gasteiger partial charge < -0.3 is 20.1 Å². The molecule has 1 saturated heterocycles. The molecule has 1 aliphatic heterocycles. The van der Waals surface area contributed by atoms with E-state index in [-0.39, 0.29) is 18.1 Å². The molecule has 2 heterocycles. The van der Waals surface area contributed by atoms with E-state index in [1.165, 1.54) is 0 Å². The second-order valence-corrected chi connectivity index (χ2v) is 5.00. The van der Waals surface area contributed by atoms with Crippen molar-refractivity contribution in [2.45, 2.75) is 26.4 Å². The van der Waals surface area contributed by atoms with Gasteiger partial charge in [0, 0.05) is 26.1 Å². The fourth-order valence-electron chi connectivity index (χ4n) is 2.15. The third-order valence-electron chi connectivity index (χ3n) is 2.93. The van der Waals surface area contributed by atoms with E-state index in [2.05, 4.69) is 19.9 Å². The Kier molecular flexibility index (Phi) is 4.36. The molecule has 106 valence electrons. The zero-order chi connectivity index (χ0) is 13.8. The number of nitrogens with zero attached hydrogens (tertiary/aromatic N) is 4. The van der Waals surface area contributed by atoms with Crippen LogP contribution in [0.25, 0.3) is 0 Å². The standard InChI is InChI=1S/C12H21N5O2/c1-8(2)19-12-15-10(13)14-11(16-12)17-5-4-9(6-17)7-18-3/h8-9H,4-7H2,1-3H3,(H2,13,14,15,16). The summed E-state index contributed by atoms with van der Waals surface area (Å²) in [5, 5.41) is 0. The molecule has 0 amide bonds. The van der Waals surface area contributed by atoms with Gasteiger partial charge in [-0.25, -0.2) is 0 Å². The van der Waals surface area contributed by atoms with Crippen LogP contribution >= 0.6 is 0 Å². The molecule has 1 atom stereocenters. The van der Waals surface area contributed by atoms with Crippen LogP contribution in [-0.4, -0.2) is 47.9 Å². The fourth-order valence-corrected chi connectivity index (χ4v) is 2.15. The molecule has 0 aromatic carbocycles. The van der Waals surface area contributed by atoms with E-state index >= 15 is 0 Å².